The first-order valence-corrected chi connectivity index (χ1v) is 13.4. The number of benzene rings is 1. The first-order valence-electron chi connectivity index (χ1n) is 13.4. The lowest BCUT2D eigenvalue weighted by molar-refractivity contribution is -0.154. The largest absolute Gasteiger partial charge is 0.459 e. The molecule has 206 valence electrons. The molecule has 2 saturated heterocycles. The minimum Gasteiger partial charge on any atom is -0.459 e. The average molecular weight is 527 g/mol. The number of esters is 1. The molecule has 4 atom stereocenters. The number of nitrogens with zero attached hydrogens (tertiary/aromatic N) is 2. The van der Waals surface area contributed by atoms with Gasteiger partial charge in [-0.3, -0.25) is 14.9 Å². The van der Waals surface area contributed by atoms with Crippen LogP contribution in [0.2, 0.25) is 0 Å². The number of aryl methyl sites for hydroxylation is 2. The summed E-state index contributed by atoms with van der Waals surface area (Å²) >= 11 is 0. The molecule has 0 spiro atoms. The molecule has 10 heteroatoms. The molecule has 10 nitrogen and oxygen atoms in total. The van der Waals surface area contributed by atoms with E-state index in [0.29, 0.717) is 37.8 Å². The van der Waals surface area contributed by atoms with Crippen molar-refractivity contribution >= 4 is 17.3 Å². The highest BCUT2D eigenvalue weighted by Gasteiger charge is 2.36. The number of aromatic nitrogens is 1. The second kappa shape index (κ2) is 11.4. The van der Waals surface area contributed by atoms with Crippen molar-refractivity contribution in [1.82, 2.24) is 9.88 Å². The quantitative estimate of drug-likeness (QED) is 0.444. The highest BCUT2D eigenvalue weighted by molar-refractivity contribution is 5.78. The van der Waals surface area contributed by atoms with Crippen molar-refractivity contribution in [2.45, 2.75) is 70.1 Å². The van der Waals surface area contributed by atoms with Crippen LogP contribution in [0.3, 0.4) is 0 Å². The number of aliphatic hydroxyl groups is 1. The summed E-state index contributed by atoms with van der Waals surface area (Å²) in [7, 11) is 1.78. The fraction of sp³-hybridized carbons (Fsp3) is 0.571. The molecule has 2 fully saturated rings. The van der Waals surface area contributed by atoms with Gasteiger partial charge in [-0.2, -0.15) is 0 Å². The number of carbonyl (C=O) groups is 1. The van der Waals surface area contributed by atoms with Gasteiger partial charge in [0.25, 0.3) is 5.56 Å². The molecule has 3 unspecified atom stereocenters. The number of hydrogen-bond donors (Lipinski definition) is 3. The topological polar surface area (TPSA) is 114 Å². The van der Waals surface area contributed by atoms with Gasteiger partial charge in [-0.15, -0.1) is 0 Å². The number of carbonyl (C=O) groups excluding carboxylic acids is 1. The zero-order valence-electron chi connectivity index (χ0n) is 22.3. The van der Waals surface area contributed by atoms with Crippen LogP contribution in [0.25, 0.3) is 0 Å². The van der Waals surface area contributed by atoms with Crippen LogP contribution in [0.4, 0.5) is 11.4 Å². The van der Waals surface area contributed by atoms with Crippen LogP contribution >= 0.6 is 0 Å². The number of nitrogens with one attached hydrogen (secondary N) is 2. The summed E-state index contributed by atoms with van der Waals surface area (Å²) in [6, 6.07) is 7.67. The SMILES string of the molecule is Cc1cc(C2Nc3cc(CNC(C(=O)O[C@@H]4CCOC4)C(C)O)ccc3N2C2CCOCC2)cn(C)c1=O. The Hall–Kier alpha value is -2.92. The van der Waals surface area contributed by atoms with Gasteiger partial charge >= 0.3 is 5.97 Å². The van der Waals surface area contributed by atoms with Gasteiger partial charge in [-0.25, -0.2) is 0 Å². The monoisotopic (exact) mass is 526 g/mol. The van der Waals surface area contributed by atoms with Crippen molar-refractivity contribution in [3.05, 3.63) is 57.5 Å². The number of ether oxygens (including phenoxy) is 3. The minimum atomic E-state index is -0.904. The van der Waals surface area contributed by atoms with Crippen LogP contribution < -0.4 is 21.1 Å². The molecular formula is C28H38N4O6. The van der Waals surface area contributed by atoms with Crippen molar-refractivity contribution in [2.24, 2.45) is 7.05 Å². The summed E-state index contributed by atoms with van der Waals surface area (Å²) in [5, 5.41) is 17.1. The lowest BCUT2D eigenvalue weighted by atomic mass is 10.0. The second-order valence-electron chi connectivity index (χ2n) is 10.5. The van der Waals surface area contributed by atoms with E-state index >= 15 is 0 Å². The predicted molar refractivity (Wildman–Crippen MR) is 143 cm³/mol. The Morgan fingerprint density at radius 1 is 1.21 bits per heavy atom. The number of fused-ring (bicyclic) bond motifs is 1. The molecule has 0 aliphatic carbocycles. The van der Waals surface area contributed by atoms with Crippen LogP contribution in [-0.4, -0.2) is 66.4 Å². The third kappa shape index (κ3) is 5.58. The maximum absolute atomic E-state index is 12.7. The van der Waals surface area contributed by atoms with E-state index in [-0.39, 0.29) is 17.8 Å². The maximum Gasteiger partial charge on any atom is 0.326 e. The van der Waals surface area contributed by atoms with E-state index in [4.69, 9.17) is 14.2 Å². The minimum absolute atomic E-state index is 0.00175. The van der Waals surface area contributed by atoms with Gasteiger partial charge in [-0.1, -0.05) is 6.07 Å². The molecule has 0 radical (unpaired) electrons. The molecule has 0 amide bonds. The zero-order valence-corrected chi connectivity index (χ0v) is 22.3. The number of pyridine rings is 1. The van der Waals surface area contributed by atoms with Crippen molar-refractivity contribution in [2.75, 3.05) is 36.6 Å². The normalized spacial score (nSPS) is 23.1. The van der Waals surface area contributed by atoms with E-state index in [9.17, 15) is 14.7 Å². The van der Waals surface area contributed by atoms with Crippen LogP contribution in [0.15, 0.2) is 35.3 Å². The lowest BCUT2D eigenvalue weighted by Crippen LogP contribution is -2.46. The second-order valence-corrected chi connectivity index (χ2v) is 10.5. The molecule has 3 aliphatic rings. The van der Waals surface area contributed by atoms with E-state index in [1.54, 1.807) is 18.5 Å². The van der Waals surface area contributed by atoms with Crippen LogP contribution in [0.1, 0.15) is 49.0 Å². The third-order valence-electron chi connectivity index (χ3n) is 7.63. The van der Waals surface area contributed by atoms with Gasteiger partial charge in [0.15, 0.2) is 0 Å². The smallest absolute Gasteiger partial charge is 0.326 e. The Morgan fingerprint density at radius 2 is 1.97 bits per heavy atom. The summed E-state index contributed by atoms with van der Waals surface area (Å²) < 4.78 is 18.1. The van der Waals surface area contributed by atoms with E-state index in [2.05, 4.69) is 27.7 Å². The Kier molecular flexibility index (Phi) is 8.04. The van der Waals surface area contributed by atoms with Crippen molar-refractivity contribution in [1.29, 1.82) is 0 Å². The first-order chi connectivity index (χ1) is 18.3. The summed E-state index contributed by atoms with van der Waals surface area (Å²) in [6.45, 7) is 6.25. The van der Waals surface area contributed by atoms with Gasteiger partial charge in [0, 0.05) is 56.6 Å². The molecule has 5 rings (SSSR count). The molecule has 38 heavy (non-hydrogen) atoms. The Morgan fingerprint density at radius 3 is 2.66 bits per heavy atom. The molecule has 2 aromatic rings. The van der Waals surface area contributed by atoms with Crippen molar-refractivity contribution in [3.8, 4) is 0 Å². The Labute approximate surface area is 222 Å². The van der Waals surface area contributed by atoms with Crippen molar-refractivity contribution < 1.29 is 24.1 Å². The summed E-state index contributed by atoms with van der Waals surface area (Å²) in [5.41, 5.74) is 4.81. The van der Waals surface area contributed by atoms with Crippen LogP contribution in [0.5, 0.6) is 0 Å². The number of rotatable bonds is 8. The highest BCUT2D eigenvalue weighted by Crippen LogP contribution is 2.44. The van der Waals surface area contributed by atoms with Gasteiger partial charge < -0.3 is 34.1 Å². The average Bonchev–Trinajstić information content (AvgIpc) is 3.55. The number of hydrogen-bond acceptors (Lipinski definition) is 9. The Balaban J connectivity index is 1.36. The summed E-state index contributed by atoms with van der Waals surface area (Å²) in [4.78, 5) is 27.5. The first kappa shape index (κ1) is 26.7. The number of aliphatic hydroxyl groups excluding tert-OH is 1. The van der Waals surface area contributed by atoms with Gasteiger partial charge in [0.05, 0.1) is 30.7 Å². The van der Waals surface area contributed by atoms with Gasteiger partial charge in [0.2, 0.25) is 0 Å². The molecule has 0 bridgehead atoms. The standard InChI is InChI=1S/C28H38N4O6/c1-17-12-20(15-31(3)27(17)34)26-30-23-13-19(4-5-24(23)32(26)21-6-9-36-10-7-21)14-29-25(18(2)33)28(35)38-22-8-11-37-16-22/h4-5,12-13,15,18,21-22,25-26,29-30,33H,6-11,14,16H2,1-3H3/t18?,22-,25?,26?/m1/s1. The highest BCUT2D eigenvalue weighted by atomic mass is 16.6. The zero-order chi connectivity index (χ0) is 26.8. The summed E-state index contributed by atoms with van der Waals surface area (Å²) in [5.74, 6) is -0.467. The van der Waals surface area contributed by atoms with Crippen LogP contribution in [-0.2, 0) is 32.6 Å². The predicted octanol–water partition coefficient (Wildman–Crippen LogP) is 1.97. The molecule has 4 heterocycles. The summed E-state index contributed by atoms with van der Waals surface area (Å²) in [6.07, 6.45) is 3.15. The molecule has 3 aliphatic heterocycles. The molecule has 3 N–H and O–H groups in total. The lowest BCUT2D eigenvalue weighted by Gasteiger charge is -2.37. The Bertz CT molecular complexity index is 1180. The number of anilines is 2. The van der Waals surface area contributed by atoms with E-state index < -0.39 is 18.1 Å². The third-order valence-corrected chi connectivity index (χ3v) is 7.63. The van der Waals surface area contributed by atoms with E-state index in [1.807, 2.05) is 25.3 Å². The van der Waals surface area contributed by atoms with E-state index in [1.165, 1.54) is 0 Å². The fourth-order valence-electron chi connectivity index (χ4n) is 5.59. The van der Waals surface area contributed by atoms with Crippen LogP contribution in [0, 0.1) is 6.92 Å². The molecular weight excluding hydrogens is 488 g/mol. The van der Waals surface area contributed by atoms with E-state index in [0.717, 1.165) is 48.6 Å². The molecule has 1 aromatic heterocycles. The maximum atomic E-state index is 12.7. The van der Waals surface area contributed by atoms with Gasteiger partial charge in [-0.05, 0) is 50.5 Å². The molecule has 0 saturated carbocycles. The fourth-order valence-corrected chi connectivity index (χ4v) is 5.59. The van der Waals surface area contributed by atoms with Gasteiger partial charge in [0.1, 0.15) is 18.3 Å². The molecule has 1 aromatic carbocycles. The van der Waals surface area contributed by atoms with Crippen molar-refractivity contribution in [3.63, 3.8) is 0 Å².